The van der Waals surface area contributed by atoms with E-state index in [2.05, 4.69) is 15.9 Å². The first kappa shape index (κ1) is 15.0. The average Bonchev–Trinajstić information content (AvgIpc) is 2.33. The highest BCUT2D eigenvalue weighted by atomic mass is 79.9. The number of nitrogen functional groups attached to an aromatic ring is 1. The number of hydrogen-bond acceptors (Lipinski definition) is 3. The van der Waals surface area contributed by atoms with Crippen molar-refractivity contribution in [2.45, 2.75) is 19.8 Å². The smallest absolute Gasteiger partial charge is 0.226 e. The van der Waals surface area contributed by atoms with Crippen LogP contribution in [0.4, 0.5) is 11.4 Å². The van der Waals surface area contributed by atoms with E-state index < -0.39 is 0 Å². The minimum atomic E-state index is 0.0451. The fourth-order valence-electron chi connectivity index (χ4n) is 1.60. The first-order valence-electron chi connectivity index (χ1n) is 5.95. The molecular weight excluding hydrogens is 296 g/mol. The van der Waals surface area contributed by atoms with Crippen LogP contribution in [0.15, 0.2) is 22.7 Å². The van der Waals surface area contributed by atoms with Gasteiger partial charge in [0.2, 0.25) is 5.91 Å². The van der Waals surface area contributed by atoms with Crippen LogP contribution >= 0.6 is 15.9 Å². The SMILES string of the molecule is CCOCCCC(=O)N(C)c1ccc(Br)cc1N. The third-order valence-corrected chi connectivity index (χ3v) is 3.10. The van der Waals surface area contributed by atoms with E-state index in [4.69, 9.17) is 10.5 Å². The Morgan fingerprint density at radius 1 is 1.50 bits per heavy atom. The molecule has 0 fully saturated rings. The van der Waals surface area contributed by atoms with Crippen LogP contribution in [0.5, 0.6) is 0 Å². The fourth-order valence-corrected chi connectivity index (χ4v) is 1.98. The number of nitrogens with zero attached hydrogens (tertiary/aromatic N) is 1. The quantitative estimate of drug-likeness (QED) is 0.649. The van der Waals surface area contributed by atoms with Crippen molar-refractivity contribution in [2.75, 3.05) is 30.9 Å². The highest BCUT2D eigenvalue weighted by molar-refractivity contribution is 9.10. The van der Waals surface area contributed by atoms with Crippen LogP contribution in [0.2, 0.25) is 0 Å². The predicted molar refractivity (Wildman–Crippen MR) is 77.7 cm³/mol. The lowest BCUT2D eigenvalue weighted by Crippen LogP contribution is -2.27. The summed E-state index contributed by atoms with van der Waals surface area (Å²) >= 11 is 3.34. The summed E-state index contributed by atoms with van der Waals surface area (Å²) in [4.78, 5) is 13.5. The Kier molecular flexibility index (Phi) is 6.15. The monoisotopic (exact) mass is 314 g/mol. The number of benzene rings is 1. The van der Waals surface area contributed by atoms with Gasteiger partial charge in [-0.15, -0.1) is 0 Å². The van der Waals surface area contributed by atoms with Gasteiger partial charge in [-0.3, -0.25) is 4.79 Å². The molecule has 0 bridgehead atoms. The van der Waals surface area contributed by atoms with E-state index in [9.17, 15) is 4.79 Å². The summed E-state index contributed by atoms with van der Waals surface area (Å²) in [6.45, 7) is 3.24. The molecule has 2 N–H and O–H groups in total. The number of carbonyl (C=O) groups excluding carboxylic acids is 1. The molecule has 0 aromatic heterocycles. The number of hydrogen-bond donors (Lipinski definition) is 1. The van der Waals surface area contributed by atoms with E-state index >= 15 is 0 Å². The molecular formula is C13H19BrN2O2. The minimum absolute atomic E-state index is 0.0451. The summed E-state index contributed by atoms with van der Waals surface area (Å²) < 4.78 is 6.11. The van der Waals surface area contributed by atoms with E-state index in [1.54, 1.807) is 18.0 Å². The maximum absolute atomic E-state index is 11.9. The van der Waals surface area contributed by atoms with Crippen LogP contribution in [0.3, 0.4) is 0 Å². The molecule has 0 saturated heterocycles. The first-order valence-corrected chi connectivity index (χ1v) is 6.75. The van der Waals surface area contributed by atoms with Gasteiger partial charge in [-0.05, 0) is 31.5 Å². The molecule has 4 nitrogen and oxygen atoms in total. The minimum Gasteiger partial charge on any atom is -0.397 e. The van der Waals surface area contributed by atoms with Crippen LogP contribution in [0.25, 0.3) is 0 Å². The van der Waals surface area contributed by atoms with Crippen molar-refractivity contribution in [3.05, 3.63) is 22.7 Å². The summed E-state index contributed by atoms with van der Waals surface area (Å²) in [5, 5.41) is 0. The number of rotatable bonds is 6. The maximum Gasteiger partial charge on any atom is 0.226 e. The molecule has 5 heteroatoms. The number of anilines is 2. The van der Waals surface area contributed by atoms with Crippen LogP contribution in [0.1, 0.15) is 19.8 Å². The van der Waals surface area contributed by atoms with Gasteiger partial charge < -0.3 is 15.4 Å². The predicted octanol–water partition coefficient (Wildman–Crippen LogP) is 2.81. The van der Waals surface area contributed by atoms with E-state index in [-0.39, 0.29) is 5.91 Å². The van der Waals surface area contributed by atoms with Crippen LogP contribution in [0, 0.1) is 0 Å². The first-order chi connectivity index (χ1) is 8.56. The molecule has 0 saturated carbocycles. The largest absolute Gasteiger partial charge is 0.397 e. The van der Waals surface area contributed by atoms with E-state index in [1.807, 2.05) is 19.1 Å². The lowest BCUT2D eigenvalue weighted by Gasteiger charge is -2.19. The zero-order valence-electron chi connectivity index (χ0n) is 10.8. The Morgan fingerprint density at radius 3 is 2.83 bits per heavy atom. The van der Waals surface area contributed by atoms with Crippen molar-refractivity contribution in [2.24, 2.45) is 0 Å². The van der Waals surface area contributed by atoms with Gasteiger partial charge in [0.05, 0.1) is 11.4 Å². The molecule has 1 rings (SSSR count). The van der Waals surface area contributed by atoms with Gasteiger partial charge in [0.25, 0.3) is 0 Å². The summed E-state index contributed by atoms with van der Waals surface area (Å²) in [6.07, 6.45) is 1.19. The Morgan fingerprint density at radius 2 is 2.22 bits per heavy atom. The molecule has 0 unspecified atom stereocenters. The van der Waals surface area contributed by atoms with Gasteiger partial charge in [0.1, 0.15) is 0 Å². The Balaban J connectivity index is 2.57. The number of amides is 1. The van der Waals surface area contributed by atoms with Gasteiger partial charge in [-0.1, -0.05) is 15.9 Å². The molecule has 0 aliphatic heterocycles. The molecule has 1 amide bonds. The fraction of sp³-hybridized carbons (Fsp3) is 0.462. The Bertz CT molecular complexity index is 410. The Hall–Kier alpha value is -1.07. The zero-order valence-corrected chi connectivity index (χ0v) is 12.4. The standard InChI is InChI=1S/C13H19BrN2O2/c1-3-18-8-4-5-13(17)16(2)12-7-6-10(14)9-11(12)15/h6-7,9H,3-5,8,15H2,1-2H3. The van der Waals surface area contributed by atoms with Crippen molar-refractivity contribution in [3.8, 4) is 0 Å². The molecule has 0 aliphatic carbocycles. The van der Waals surface area contributed by atoms with E-state index in [0.717, 1.165) is 16.6 Å². The van der Waals surface area contributed by atoms with Crippen molar-refractivity contribution in [1.82, 2.24) is 0 Å². The highest BCUT2D eigenvalue weighted by Crippen LogP contribution is 2.26. The van der Waals surface area contributed by atoms with Gasteiger partial charge in [-0.25, -0.2) is 0 Å². The summed E-state index contributed by atoms with van der Waals surface area (Å²) in [5.74, 6) is 0.0451. The number of halogens is 1. The molecule has 0 heterocycles. The molecule has 0 spiro atoms. The normalized spacial score (nSPS) is 10.4. The van der Waals surface area contributed by atoms with Gasteiger partial charge in [0.15, 0.2) is 0 Å². The number of nitrogens with two attached hydrogens (primary N) is 1. The van der Waals surface area contributed by atoms with E-state index in [0.29, 0.717) is 25.3 Å². The lowest BCUT2D eigenvalue weighted by atomic mass is 10.2. The molecule has 0 aliphatic rings. The summed E-state index contributed by atoms with van der Waals surface area (Å²) in [5.41, 5.74) is 7.21. The van der Waals surface area contributed by atoms with Crippen LogP contribution < -0.4 is 10.6 Å². The number of ether oxygens (including phenoxy) is 1. The second-order valence-corrected chi connectivity index (χ2v) is 4.87. The third kappa shape index (κ3) is 4.31. The highest BCUT2D eigenvalue weighted by Gasteiger charge is 2.13. The Labute approximate surface area is 116 Å². The summed E-state index contributed by atoms with van der Waals surface area (Å²) in [6, 6.07) is 5.49. The molecule has 1 aromatic carbocycles. The van der Waals surface area contributed by atoms with Gasteiger partial charge in [-0.2, -0.15) is 0 Å². The molecule has 0 atom stereocenters. The number of carbonyl (C=O) groups is 1. The molecule has 1 aromatic rings. The second kappa shape index (κ2) is 7.38. The topological polar surface area (TPSA) is 55.6 Å². The second-order valence-electron chi connectivity index (χ2n) is 3.96. The zero-order chi connectivity index (χ0) is 13.5. The van der Waals surface area contributed by atoms with E-state index in [1.165, 1.54) is 0 Å². The molecule has 0 radical (unpaired) electrons. The van der Waals surface area contributed by atoms with Crippen molar-refractivity contribution in [3.63, 3.8) is 0 Å². The molecule has 18 heavy (non-hydrogen) atoms. The van der Waals surface area contributed by atoms with Gasteiger partial charge >= 0.3 is 0 Å². The van der Waals surface area contributed by atoms with Crippen molar-refractivity contribution < 1.29 is 9.53 Å². The van der Waals surface area contributed by atoms with Crippen molar-refractivity contribution >= 4 is 33.2 Å². The maximum atomic E-state index is 11.9. The van der Waals surface area contributed by atoms with Gasteiger partial charge in [0, 0.05) is 31.2 Å². The summed E-state index contributed by atoms with van der Waals surface area (Å²) in [7, 11) is 1.74. The molecule has 100 valence electrons. The lowest BCUT2D eigenvalue weighted by molar-refractivity contribution is -0.118. The van der Waals surface area contributed by atoms with Crippen LogP contribution in [-0.4, -0.2) is 26.2 Å². The van der Waals surface area contributed by atoms with Crippen LogP contribution in [-0.2, 0) is 9.53 Å². The third-order valence-electron chi connectivity index (χ3n) is 2.61. The average molecular weight is 315 g/mol. The van der Waals surface area contributed by atoms with Crippen molar-refractivity contribution in [1.29, 1.82) is 0 Å².